The monoisotopic (exact) mass is 388 g/mol. The summed E-state index contributed by atoms with van der Waals surface area (Å²) < 4.78 is 0. The van der Waals surface area contributed by atoms with Gasteiger partial charge < -0.3 is 10.2 Å². The van der Waals surface area contributed by atoms with Gasteiger partial charge >= 0.3 is 0 Å². The van der Waals surface area contributed by atoms with Crippen LogP contribution >= 0.6 is 0 Å². The smallest absolute Gasteiger partial charge is 0.0577 e. The lowest BCUT2D eigenvalue weighted by Gasteiger charge is -2.62. The predicted molar refractivity (Wildman–Crippen MR) is 116 cm³/mol. The van der Waals surface area contributed by atoms with Crippen molar-refractivity contribution < 1.29 is 10.2 Å². The highest BCUT2D eigenvalue weighted by molar-refractivity contribution is 5.11. The van der Waals surface area contributed by atoms with Crippen molar-refractivity contribution in [3.63, 3.8) is 0 Å². The number of hydrogen-bond donors (Lipinski definition) is 2. The summed E-state index contributed by atoms with van der Waals surface area (Å²) in [5.74, 6) is 4.18. The number of fused-ring (bicyclic) bond motifs is 5. The van der Waals surface area contributed by atoms with Gasteiger partial charge in [0.1, 0.15) is 0 Å². The molecule has 3 unspecified atom stereocenters. The fourth-order valence-electron chi connectivity index (χ4n) is 8.84. The van der Waals surface area contributed by atoms with E-state index >= 15 is 0 Å². The summed E-state index contributed by atoms with van der Waals surface area (Å²) in [7, 11) is 0. The Morgan fingerprint density at radius 3 is 2.32 bits per heavy atom. The van der Waals surface area contributed by atoms with Gasteiger partial charge in [0.15, 0.2) is 0 Å². The second-order valence-corrected chi connectivity index (χ2v) is 11.9. The molecule has 160 valence electrons. The first-order valence-corrected chi connectivity index (χ1v) is 12.2. The Morgan fingerprint density at radius 1 is 0.929 bits per heavy atom. The summed E-state index contributed by atoms with van der Waals surface area (Å²) in [6, 6.07) is 0. The van der Waals surface area contributed by atoms with Gasteiger partial charge in [0.25, 0.3) is 0 Å². The lowest BCUT2D eigenvalue weighted by atomic mass is 9.44. The topological polar surface area (TPSA) is 40.5 Å². The van der Waals surface area contributed by atoms with Crippen molar-refractivity contribution in [2.24, 2.45) is 46.3 Å². The summed E-state index contributed by atoms with van der Waals surface area (Å²) in [6.07, 6.45) is 12.6. The van der Waals surface area contributed by atoms with Crippen LogP contribution < -0.4 is 0 Å². The standard InChI is InChI=1S/C26H44O2/c1-16(2)6-7-17(3)20-8-9-21-19-15-24(28)23-14-18(27)10-12-26(23,5)22(19)11-13-25(20,21)4/h6,17-24,27-28H,7-15H2,1-5H3/t17-,18-,19?,20-,21?,22?,23+,24+,25-,26-/m1/s1. The van der Waals surface area contributed by atoms with E-state index in [1.807, 2.05) is 0 Å². The summed E-state index contributed by atoms with van der Waals surface area (Å²) in [6.45, 7) is 12.0. The van der Waals surface area contributed by atoms with Crippen LogP contribution in [0.1, 0.15) is 92.4 Å². The molecular formula is C26H44O2. The van der Waals surface area contributed by atoms with Gasteiger partial charge in [-0.25, -0.2) is 0 Å². The first kappa shape index (κ1) is 20.9. The third kappa shape index (κ3) is 3.22. The lowest BCUT2D eigenvalue weighted by molar-refractivity contribution is -0.172. The predicted octanol–water partition coefficient (Wildman–Crippen LogP) is 5.97. The molecule has 4 fully saturated rings. The number of aliphatic hydroxyl groups excluding tert-OH is 2. The minimum atomic E-state index is -0.203. The Bertz CT molecular complexity index is 608. The molecule has 0 bridgehead atoms. The van der Waals surface area contributed by atoms with Crippen LogP contribution in [0.4, 0.5) is 0 Å². The van der Waals surface area contributed by atoms with Crippen molar-refractivity contribution in [2.45, 2.75) is 105 Å². The van der Waals surface area contributed by atoms with Crippen LogP contribution in [0.2, 0.25) is 0 Å². The van der Waals surface area contributed by atoms with Crippen LogP contribution in [0, 0.1) is 46.3 Å². The highest BCUT2D eigenvalue weighted by Crippen LogP contribution is 2.68. The minimum Gasteiger partial charge on any atom is -0.393 e. The average Bonchev–Trinajstić information content (AvgIpc) is 2.99. The molecule has 2 nitrogen and oxygen atoms in total. The fraction of sp³-hybridized carbons (Fsp3) is 0.923. The summed E-state index contributed by atoms with van der Waals surface area (Å²) in [4.78, 5) is 0. The van der Waals surface area contributed by atoms with Crippen LogP contribution in [0.3, 0.4) is 0 Å². The maximum absolute atomic E-state index is 11.1. The second kappa shape index (κ2) is 7.41. The highest BCUT2D eigenvalue weighted by atomic mass is 16.3. The van der Waals surface area contributed by atoms with E-state index in [-0.39, 0.29) is 17.6 Å². The molecular weight excluding hydrogens is 344 g/mol. The van der Waals surface area contributed by atoms with Gasteiger partial charge in [0.05, 0.1) is 12.2 Å². The molecule has 2 N–H and O–H groups in total. The largest absolute Gasteiger partial charge is 0.393 e. The molecule has 0 heterocycles. The molecule has 2 heteroatoms. The molecule has 4 rings (SSSR count). The molecule has 0 aromatic heterocycles. The van der Waals surface area contributed by atoms with Gasteiger partial charge in [-0.05, 0) is 118 Å². The molecule has 0 aromatic rings. The van der Waals surface area contributed by atoms with Crippen molar-refractivity contribution in [1.29, 1.82) is 0 Å². The molecule has 0 radical (unpaired) electrons. The SMILES string of the molecule is CC(C)=CC[C@@H](C)[C@H]1CCC2C3C[C@H](O)[C@@H]4C[C@H](O)CC[C@]4(C)C3CC[C@@]21C. The molecule has 0 saturated heterocycles. The van der Waals surface area contributed by atoms with Crippen LogP contribution in [0.5, 0.6) is 0 Å². The molecule has 0 amide bonds. The van der Waals surface area contributed by atoms with Crippen LogP contribution in [-0.4, -0.2) is 22.4 Å². The van der Waals surface area contributed by atoms with E-state index in [1.54, 1.807) is 0 Å². The molecule has 10 atom stereocenters. The Hall–Kier alpha value is -0.340. The zero-order chi connectivity index (χ0) is 20.3. The van der Waals surface area contributed by atoms with Crippen LogP contribution in [0.25, 0.3) is 0 Å². The number of hydrogen-bond acceptors (Lipinski definition) is 2. The zero-order valence-corrected chi connectivity index (χ0v) is 19.0. The molecule has 0 spiro atoms. The van der Waals surface area contributed by atoms with E-state index in [2.05, 4.69) is 40.7 Å². The summed E-state index contributed by atoms with van der Waals surface area (Å²) in [5, 5.41) is 21.4. The number of aliphatic hydroxyl groups is 2. The molecule has 0 aromatic carbocycles. The van der Waals surface area contributed by atoms with E-state index in [1.165, 1.54) is 37.7 Å². The number of allylic oxidation sites excluding steroid dienone is 2. The average molecular weight is 389 g/mol. The van der Waals surface area contributed by atoms with Crippen molar-refractivity contribution in [2.75, 3.05) is 0 Å². The maximum atomic E-state index is 11.1. The molecule has 4 saturated carbocycles. The Kier molecular flexibility index (Phi) is 5.54. The van der Waals surface area contributed by atoms with Crippen molar-refractivity contribution in [3.05, 3.63) is 11.6 Å². The fourth-order valence-corrected chi connectivity index (χ4v) is 8.84. The Balaban J connectivity index is 1.56. The summed E-state index contributed by atoms with van der Waals surface area (Å²) >= 11 is 0. The van der Waals surface area contributed by atoms with Gasteiger partial charge in [0, 0.05) is 0 Å². The zero-order valence-electron chi connectivity index (χ0n) is 19.0. The normalized spacial score (nSPS) is 51.6. The van der Waals surface area contributed by atoms with E-state index in [4.69, 9.17) is 0 Å². The third-order valence-corrected chi connectivity index (χ3v) is 10.3. The minimum absolute atomic E-state index is 0.190. The van der Waals surface area contributed by atoms with Crippen LogP contribution in [-0.2, 0) is 0 Å². The van der Waals surface area contributed by atoms with Crippen molar-refractivity contribution >= 4 is 0 Å². The van der Waals surface area contributed by atoms with Gasteiger partial charge in [0.2, 0.25) is 0 Å². The second-order valence-electron chi connectivity index (χ2n) is 11.9. The third-order valence-electron chi connectivity index (χ3n) is 10.3. The van der Waals surface area contributed by atoms with E-state index in [9.17, 15) is 10.2 Å². The Morgan fingerprint density at radius 2 is 1.61 bits per heavy atom. The van der Waals surface area contributed by atoms with Gasteiger partial charge in [-0.2, -0.15) is 0 Å². The van der Waals surface area contributed by atoms with Crippen LogP contribution in [0.15, 0.2) is 11.6 Å². The molecule has 0 aliphatic heterocycles. The van der Waals surface area contributed by atoms with Gasteiger partial charge in [-0.1, -0.05) is 32.4 Å². The van der Waals surface area contributed by atoms with Crippen molar-refractivity contribution in [3.8, 4) is 0 Å². The van der Waals surface area contributed by atoms with E-state index in [0.717, 1.165) is 49.4 Å². The first-order valence-electron chi connectivity index (χ1n) is 12.2. The molecule has 4 aliphatic carbocycles. The number of rotatable bonds is 3. The Labute approximate surface area is 173 Å². The van der Waals surface area contributed by atoms with E-state index in [0.29, 0.717) is 17.3 Å². The van der Waals surface area contributed by atoms with Gasteiger partial charge in [-0.3, -0.25) is 0 Å². The molecule has 28 heavy (non-hydrogen) atoms. The lowest BCUT2D eigenvalue weighted by Crippen LogP contribution is -2.58. The quantitative estimate of drug-likeness (QED) is 0.585. The highest BCUT2D eigenvalue weighted by Gasteiger charge is 2.62. The maximum Gasteiger partial charge on any atom is 0.0577 e. The summed E-state index contributed by atoms with van der Waals surface area (Å²) in [5.41, 5.74) is 2.16. The van der Waals surface area contributed by atoms with E-state index < -0.39 is 0 Å². The molecule has 4 aliphatic rings. The van der Waals surface area contributed by atoms with Gasteiger partial charge in [-0.15, -0.1) is 0 Å². The van der Waals surface area contributed by atoms with Crippen molar-refractivity contribution in [1.82, 2.24) is 0 Å². The first-order chi connectivity index (χ1) is 13.2.